The van der Waals surface area contributed by atoms with Gasteiger partial charge in [-0.3, -0.25) is 0 Å². The van der Waals surface area contributed by atoms with Crippen LogP contribution in [0.5, 0.6) is 0 Å². The van der Waals surface area contributed by atoms with Crippen LogP contribution < -0.4 is 5.32 Å². The summed E-state index contributed by atoms with van der Waals surface area (Å²) < 4.78 is 29.7. The van der Waals surface area contributed by atoms with Gasteiger partial charge >= 0.3 is 0 Å². The summed E-state index contributed by atoms with van der Waals surface area (Å²) in [4.78, 5) is 9.33. The third-order valence-corrected chi connectivity index (χ3v) is 5.47. The average molecular weight is 405 g/mol. The number of fused-ring (bicyclic) bond motifs is 2. The predicted octanol–water partition coefficient (Wildman–Crippen LogP) is 4.92. The smallest absolute Gasteiger partial charge is 0.254 e. The van der Waals surface area contributed by atoms with E-state index in [9.17, 15) is 8.78 Å². The molecule has 5 nitrogen and oxygen atoms in total. The topological polar surface area (TPSA) is 55.1 Å². The first-order valence-electron chi connectivity index (χ1n) is 10.1. The molecule has 2 aromatic heterocycles. The molecule has 5 rings (SSSR count). The van der Waals surface area contributed by atoms with Crippen LogP contribution in [0.1, 0.15) is 41.1 Å². The highest BCUT2D eigenvalue weighted by Crippen LogP contribution is 2.30. The van der Waals surface area contributed by atoms with Crippen LogP contribution in [0.25, 0.3) is 5.78 Å². The molecule has 0 fully saturated rings. The van der Waals surface area contributed by atoms with Gasteiger partial charge in [-0.15, -0.1) is 5.10 Å². The highest BCUT2D eigenvalue weighted by molar-refractivity contribution is 5.64. The lowest BCUT2D eigenvalue weighted by atomic mass is 9.96. The zero-order valence-corrected chi connectivity index (χ0v) is 16.6. The first-order chi connectivity index (χ1) is 14.6. The van der Waals surface area contributed by atoms with Crippen molar-refractivity contribution in [3.05, 3.63) is 82.3 Å². The van der Waals surface area contributed by atoms with Crippen molar-refractivity contribution in [2.24, 2.45) is 0 Å². The van der Waals surface area contributed by atoms with Crippen molar-refractivity contribution in [2.75, 3.05) is 5.32 Å². The molecular weight excluding hydrogens is 384 g/mol. The predicted molar refractivity (Wildman–Crippen MR) is 111 cm³/mol. The first-order valence-corrected chi connectivity index (χ1v) is 10.1. The van der Waals surface area contributed by atoms with E-state index in [0.717, 1.165) is 60.7 Å². The summed E-state index contributed by atoms with van der Waals surface area (Å²) in [7, 11) is 0. The minimum Gasteiger partial charge on any atom is -0.337 e. The lowest BCUT2D eigenvalue weighted by molar-refractivity contribution is 0.603. The lowest BCUT2D eigenvalue weighted by Crippen LogP contribution is -2.14. The first kappa shape index (κ1) is 18.7. The number of aromatic nitrogens is 4. The Morgan fingerprint density at radius 1 is 1.00 bits per heavy atom. The fourth-order valence-electron chi connectivity index (χ4n) is 3.90. The molecule has 0 bridgehead atoms. The summed E-state index contributed by atoms with van der Waals surface area (Å²) in [5, 5.41) is 7.73. The van der Waals surface area contributed by atoms with Crippen molar-refractivity contribution in [3.63, 3.8) is 0 Å². The lowest BCUT2D eigenvalue weighted by Gasteiger charge is -2.20. The van der Waals surface area contributed by atoms with Gasteiger partial charge in [0.2, 0.25) is 0 Å². The quantitative estimate of drug-likeness (QED) is 0.523. The molecule has 1 N–H and O–H groups in total. The van der Waals surface area contributed by atoms with Crippen molar-refractivity contribution in [3.8, 4) is 0 Å². The largest absolute Gasteiger partial charge is 0.337 e. The Morgan fingerprint density at radius 2 is 1.80 bits per heavy atom. The van der Waals surface area contributed by atoms with Crippen molar-refractivity contribution in [2.45, 2.75) is 39.0 Å². The van der Waals surface area contributed by atoms with Crippen molar-refractivity contribution in [1.29, 1.82) is 0 Å². The van der Waals surface area contributed by atoms with Gasteiger partial charge in [0.25, 0.3) is 5.78 Å². The molecule has 1 aliphatic rings. The van der Waals surface area contributed by atoms with Gasteiger partial charge in [-0.05, 0) is 50.3 Å². The number of benzene rings is 2. The van der Waals surface area contributed by atoms with Gasteiger partial charge < -0.3 is 5.32 Å². The zero-order valence-electron chi connectivity index (χ0n) is 16.6. The second-order valence-corrected chi connectivity index (χ2v) is 7.74. The van der Waals surface area contributed by atoms with E-state index in [2.05, 4.69) is 39.7 Å². The molecule has 0 saturated heterocycles. The number of nitrogens with one attached hydrogen (secondary N) is 1. The number of hydrogen-bond donors (Lipinski definition) is 1. The second-order valence-electron chi connectivity index (χ2n) is 7.74. The minimum absolute atomic E-state index is 0.0749. The number of aryl methyl sites for hydroxylation is 2. The summed E-state index contributed by atoms with van der Waals surface area (Å²) >= 11 is 0. The molecule has 0 unspecified atom stereocenters. The van der Waals surface area contributed by atoms with Crippen LogP contribution in [-0.4, -0.2) is 19.6 Å². The van der Waals surface area contributed by atoms with E-state index < -0.39 is 11.6 Å². The Balaban J connectivity index is 1.60. The van der Waals surface area contributed by atoms with Gasteiger partial charge in [0.15, 0.2) is 5.82 Å². The highest BCUT2D eigenvalue weighted by atomic mass is 19.1. The number of rotatable bonds is 4. The summed E-state index contributed by atoms with van der Waals surface area (Å²) in [6.07, 6.45) is 4.29. The fourth-order valence-corrected chi connectivity index (χ4v) is 3.90. The maximum atomic E-state index is 14.3. The van der Waals surface area contributed by atoms with Gasteiger partial charge in [0.1, 0.15) is 17.5 Å². The molecule has 2 heterocycles. The number of anilines is 2. The van der Waals surface area contributed by atoms with E-state index in [4.69, 9.17) is 4.98 Å². The molecule has 30 heavy (non-hydrogen) atoms. The molecule has 0 saturated carbocycles. The van der Waals surface area contributed by atoms with E-state index in [0.29, 0.717) is 23.8 Å². The van der Waals surface area contributed by atoms with E-state index >= 15 is 0 Å². The molecule has 0 atom stereocenters. The third-order valence-electron chi connectivity index (χ3n) is 5.47. The van der Waals surface area contributed by atoms with Crippen LogP contribution >= 0.6 is 0 Å². The molecule has 4 aromatic rings. The van der Waals surface area contributed by atoms with Crippen LogP contribution in [0.4, 0.5) is 20.3 Å². The molecule has 2 aromatic carbocycles. The van der Waals surface area contributed by atoms with Gasteiger partial charge in [-0.2, -0.15) is 9.50 Å². The van der Waals surface area contributed by atoms with E-state index in [-0.39, 0.29) is 5.69 Å². The standard InChI is InChI=1S/C23H21F2N5/c1-14-6-8-15(9-7-14)12-21-28-23-27-19-5-3-2-4-17(19)22(30(23)29-21)26-20-13-16(24)10-11-18(20)25/h6-11,13,26H,2-5,12H2,1H3. The molecule has 7 heteroatoms. The Hall–Kier alpha value is -3.35. The second kappa shape index (κ2) is 7.48. The number of hydrogen-bond acceptors (Lipinski definition) is 4. The van der Waals surface area contributed by atoms with Crippen molar-refractivity contribution in [1.82, 2.24) is 19.6 Å². The van der Waals surface area contributed by atoms with Gasteiger partial charge in [-0.1, -0.05) is 29.8 Å². The molecule has 0 spiro atoms. The van der Waals surface area contributed by atoms with Gasteiger partial charge in [-0.25, -0.2) is 13.8 Å². The van der Waals surface area contributed by atoms with Crippen LogP contribution in [0.2, 0.25) is 0 Å². The molecule has 152 valence electrons. The number of halogens is 2. The molecule has 0 radical (unpaired) electrons. The molecular formula is C23H21F2N5. The minimum atomic E-state index is -0.522. The Labute approximate surface area is 172 Å². The normalized spacial score (nSPS) is 13.4. The monoisotopic (exact) mass is 405 g/mol. The van der Waals surface area contributed by atoms with Gasteiger partial charge in [0, 0.05) is 18.1 Å². The van der Waals surface area contributed by atoms with Crippen LogP contribution in [0.15, 0.2) is 42.5 Å². The average Bonchev–Trinajstić information content (AvgIpc) is 3.14. The summed E-state index contributed by atoms with van der Waals surface area (Å²) in [5.41, 5.74) is 4.31. The molecule has 0 amide bonds. The van der Waals surface area contributed by atoms with E-state index in [1.54, 1.807) is 4.52 Å². The maximum absolute atomic E-state index is 14.3. The summed E-state index contributed by atoms with van der Waals surface area (Å²) in [6, 6.07) is 11.6. The Morgan fingerprint density at radius 3 is 2.63 bits per heavy atom. The van der Waals surface area contributed by atoms with E-state index in [1.807, 2.05) is 6.92 Å². The highest BCUT2D eigenvalue weighted by Gasteiger charge is 2.22. The Kier molecular flexibility index (Phi) is 4.65. The van der Waals surface area contributed by atoms with Crippen molar-refractivity contribution < 1.29 is 8.78 Å². The summed E-state index contributed by atoms with van der Waals surface area (Å²) in [5.74, 6) is 0.693. The van der Waals surface area contributed by atoms with Crippen LogP contribution in [-0.2, 0) is 19.3 Å². The molecule has 0 aliphatic heterocycles. The van der Waals surface area contributed by atoms with Crippen LogP contribution in [0.3, 0.4) is 0 Å². The SMILES string of the molecule is Cc1ccc(Cc2nc3nc4c(c(Nc5cc(F)ccc5F)n3n2)CCCC4)cc1. The van der Waals surface area contributed by atoms with Gasteiger partial charge in [0.05, 0.1) is 11.4 Å². The van der Waals surface area contributed by atoms with Crippen molar-refractivity contribution >= 4 is 17.3 Å². The molecule has 1 aliphatic carbocycles. The third kappa shape index (κ3) is 3.51. The zero-order chi connectivity index (χ0) is 20.7. The Bertz CT molecular complexity index is 1230. The maximum Gasteiger partial charge on any atom is 0.254 e. The fraction of sp³-hybridized carbons (Fsp3) is 0.261. The summed E-state index contributed by atoms with van der Waals surface area (Å²) in [6.45, 7) is 2.05. The number of nitrogens with zero attached hydrogens (tertiary/aromatic N) is 4. The van der Waals surface area contributed by atoms with E-state index in [1.165, 1.54) is 5.56 Å². The van der Waals surface area contributed by atoms with Crippen LogP contribution in [0, 0.1) is 18.6 Å².